The summed E-state index contributed by atoms with van der Waals surface area (Å²) < 4.78 is 12.9. The average molecular weight is 390 g/mol. The number of likely N-dealkylation sites (tertiary alicyclic amines) is 1. The fourth-order valence-corrected chi connectivity index (χ4v) is 3.56. The zero-order valence-corrected chi connectivity index (χ0v) is 16.0. The second kappa shape index (κ2) is 9.64. The molecule has 2 aliphatic heterocycles. The summed E-state index contributed by atoms with van der Waals surface area (Å²) in [6.07, 6.45) is 3.43. The van der Waals surface area contributed by atoms with E-state index in [1.54, 1.807) is 9.80 Å². The van der Waals surface area contributed by atoms with E-state index < -0.39 is 0 Å². The van der Waals surface area contributed by atoms with Gasteiger partial charge in [0.25, 0.3) is 0 Å². The minimum atomic E-state index is -0.347. The van der Waals surface area contributed by atoms with Crippen LogP contribution < -0.4 is 5.32 Å². The van der Waals surface area contributed by atoms with Crippen LogP contribution in [0.4, 0.5) is 10.1 Å². The van der Waals surface area contributed by atoms with Gasteiger partial charge in [-0.1, -0.05) is 6.42 Å². The van der Waals surface area contributed by atoms with E-state index in [-0.39, 0.29) is 36.6 Å². The first-order valence-electron chi connectivity index (χ1n) is 9.84. The second-order valence-electron chi connectivity index (χ2n) is 7.34. The highest BCUT2D eigenvalue weighted by molar-refractivity contribution is 5.92. The molecule has 28 heavy (non-hydrogen) atoms. The smallest absolute Gasteiger partial charge is 0.242 e. The van der Waals surface area contributed by atoms with Crippen LogP contribution in [0.25, 0.3) is 0 Å². The molecular formula is C20H27FN4O3. The first-order valence-corrected chi connectivity index (χ1v) is 9.84. The number of rotatable bonds is 5. The highest BCUT2D eigenvalue weighted by Crippen LogP contribution is 2.12. The van der Waals surface area contributed by atoms with Gasteiger partial charge in [0, 0.05) is 44.8 Å². The predicted molar refractivity (Wildman–Crippen MR) is 103 cm³/mol. The molecule has 3 rings (SSSR count). The predicted octanol–water partition coefficient (Wildman–Crippen LogP) is 1.31. The van der Waals surface area contributed by atoms with Gasteiger partial charge in [0.2, 0.25) is 17.7 Å². The Morgan fingerprint density at radius 1 is 0.929 bits per heavy atom. The molecule has 7 nitrogen and oxygen atoms in total. The number of amides is 3. The Labute approximate surface area is 164 Å². The van der Waals surface area contributed by atoms with E-state index in [1.807, 2.05) is 4.90 Å². The lowest BCUT2D eigenvalue weighted by molar-refractivity contribution is -0.141. The highest BCUT2D eigenvalue weighted by Gasteiger charge is 2.26. The first kappa shape index (κ1) is 20.3. The van der Waals surface area contributed by atoms with Gasteiger partial charge in [-0.2, -0.15) is 0 Å². The maximum Gasteiger partial charge on any atom is 0.242 e. The fraction of sp³-hybridized carbons (Fsp3) is 0.550. The van der Waals surface area contributed by atoms with Crippen LogP contribution >= 0.6 is 0 Å². The molecule has 2 aliphatic rings. The Morgan fingerprint density at radius 2 is 1.64 bits per heavy atom. The Bertz CT molecular complexity index is 702. The summed E-state index contributed by atoms with van der Waals surface area (Å²) in [4.78, 5) is 42.2. The van der Waals surface area contributed by atoms with Crippen molar-refractivity contribution in [2.24, 2.45) is 0 Å². The van der Waals surface area contributed by atoms with Gasteiger partial charge in [-0.15, -0.1) is 0 Å². The summed E-state index contributed by atoms with van der Waals surface area (Å²) in [6.45, 7) is 3.35. The third-order valence-electron chi connectivity index (χ3n) is 5.22. The van der Waals surface area contributed by atoms with Crippen molar-refractivity contribution < 1.29 is 18.8 Å². The summed E-state index contributed by atoms with van der Waals surface area (Å²) in [6, 6.07) is 5.64. The molecule has 1 N–H and O–H groups in total. The molecule has 3 amide bonds. The number of nitrogens with one attached hydrogen (secondary N) is 1. The lowest BCUT2D eigenvalue weighted by Gasteiger charge is -2.35. The molecule has 0 saturated carbocycles. The maximum absolute atomic E-state index is 12.9. The molecule has 0 bridgehead atoms. The first-order chi connectivity index (χ1) is 13.5. The number of hydrogen-bond donors (Lipinski definition) is 1. The molecule has 1 aromatic rings. The van der Waals surface area contributed by atoms with E-state index in [0.717, 1.165) is 19.3 Å². The number of benzene rings is 1. The van der Waals surface area contributed by atoms with Crippen LogP contribution in [-0.4, -0.2) is 78.2 Å². The number of halogens is 1. The Balaban J connectivity index is 1.41. The van der Waals surface area contributed by atoms with Crippen molar-refractivity contribution in [3.05, 3.63) is 30.1 Å². The van der Waals surface area contributed by atoms with Gasteiger partial charge in [-0.05, 0) is 37.1 Å². The Kier molecular flexibility index (Phi) is 6.97. The normalized spacial score (nSPS) is 18.7. The summed E-state index contributed by atoms with van der Waals surface area (Å²) in [5, 5.41) is 2.74. The zero-order chi connectivity index (χ0) is 19.9. The molecule has 2 fully saturated rings. The molecule has 0 spiro atoms. The molecular weight excluding hydrogens is 363 g/mol. The molecule has 1 aromatic carbocycles. The van der Waals surface area contributed by atoms with Crippen LogP contribution in [0.5, 0.6) is 0 Å². The van der Waals surface area contributed by atoms with Crippen LogP contribution in [0.3, 0.4) is 0 Å². The van der Waals surface area contributed by atoms with Crippen LogP contribution in [0, 0.1) is 5.82 Å². The number of anilines is 1. The maximum atomic E-state index is 12.9. The van der Waals surface area contributed by atoms with Gasteiger partial charge in [-0.3, -0.25) is 19.3 Å². The number of piperazine rings is 1. The topological polar surface area (TPSA) is 73.0 Å². The molecule has 2 saturated heterocycles. The summed E-state index contributed by atoms with van der Waals surface area (Å²) in [5.74, 6) is -0.463. The summed E-state index contributed by atoms with van der Waals surface area (Å²) >= 11 is 0. The molecule has 2 heterocycles. The van der Waals surface area contributed by atoms with E-state index in [1.165, 1.54) is 24.3 Å². The Morgan fingerprint density at radius 3 is 2.36 bits per heavy atom. The number of carbonyl (C=O) groups excluding carboxylic acids is 3. The monoisotopic (exact) mass is 390 g/mol. The van der Waals surface area contributed by atoms with Crippen molar-refractivity contribution in [1.29, 1.82) is 0 Å². The van der Waals surface area contributed by atoms with Crippen LogP contribution in [0.15, 0.2) is 24.3 Å². The minimum absolute atomic E-state index is 0.0225. The zero-order valence-electron chi connectivity index (χ0n) is 16.0. The molecule has 0 radical (unpaired) electrons. The molecule has 0 unspecified atom stereocenters. The molecule has 0 aliphatic carbocycles. The average Bonchev–Trinajstić information content (AvgIpc) is 2.88. The summed E-state index contributed by atoms with van der Waals surface area (Å²) in [7, 11) is 0. The van der Waals surface area contributed by atoms with Gasteiger partial charge >= 0.3 is 0 Å². The molecule has 152 valence electrons. The van der Waals surface area contributed by atoms with Crippen LogP contribution in [0.2, 0.25) is 0 Å². The lowest BCUT2D eigenvalue weighted by Crippen LogP contribution is -2.52. The highest BCUT2D eigenvalue weighted by atomic mass is 19.1. The Hall–Kier alpha value is -2.48. The SMILES string of the molecule is O=C(CN1CCN(C(=O)CN2CCCCCC2=O)CC1)Nc1ccc(F)cc1. The lowest BCUT2D eigenvalue weighted by atomic mass is 10.2. The molecule has 0 atom stereocenters. The molecule has 8 heteroatoms. The van der Waals surface area contributed by atoms with Crippen molar-refractivity contribution in [3.8, 4) is 0 Å². The largest absolute Gasteiger partial charge is 0.339 e. The number of nitrogens with zero attached hydrogens (tertiary/aromatic N) is 3. The molecule has 0 aromatic heterocycles. The van der Waals surface area contributed by atoms with Gasteiger partial charge < -0.3 is 15.1 Å². The number of hydrogen-bond acceptors (Lipinski definition) is 4. The minimum Gasteiger partial charge on any atom is -0.339 e. The standard InChI is InChI=1S/C20H27FN4O3/c21-16-5-7-17(8-6-16)22-18(26)14-23-10-12-24(13-11-23)20(28)15-25-9-3-1-2-4-19(25)27/h5-8H,1-4,9-15H2,(H,22,26). The van der Waals surface area contributed by atoms with Gasteiger partial charge in [0.1, 0.15) is 5.82 Å². The van der Waals surface area contributed by atoms with Crippen molar-refractivity contribution in [2.75, 3.05) is 51.1 Å². The van der Waals surface area contributed by atoms with Gasteiger partial charge in [-0.25, -0.2) is 4.39 Å². The van der Waals surface area contributed by atoms with Gasteiger partial charge in [0.05, 0.1) is 13.1 Å². The number of carbonyl (C=O) groups is 3. The van der Waals surface area contributed by atoms with E-state index >= 15 is 0 Å². The van der Waals surface area contributed by atoms with Crippen molar-refractivity contribution in [2.45, 2.75) is 25.7 Å². The quantitative estimate of drug-likeness (QED) is 0.823. The van der Waals surface area contributed by atoms with Crippen molar-refractivity contribution in [3.63, 3.8) is 0 Å². The third kappa shape index (κ3) is 5.76. The van der Waals surface area contributed by atoms with Crippen LogP contribution in [-0.2, 0) is 14.4 Å². The third-order valence-corrected chi connectivity index (χ3v) is 5.22. The van der Waals surface area contributed by atoms with E-state index in [0.29, 0.717) is 44.8 Å². The fourth-order valence-electron chi connectivity index (χ4n) is 3.56. The van der Waals surface area contributed by atoms with Crippen LogP contribution in [0.1, 0.15) is 25.7 Å². The van der Waals surface area contributed by atoms with Crippen molar-refractivity contribution in [1.82, 2.24) is 14.7 Å². The van der Waals surface area contributed by atoms with E-state index in [2.05, 4.69) is 5.32 Å². The summed E-state index contributed by atoms with van der Waals surface area (Å²) in [5.41, 5.74) is 0.558. The van der Waals surface area contributed by atoms with Crippen molar-refractivity contribution >= 4 is 23.4 Å². The van der Waals surface area contributed by atoms with E-state index in [4.69, 9.17) is 0 Å². The van der Waals surface area contributed by atoms with E-state index in [9.17, 15) is 18.8 Å². The second-order valence-corrected chi connectivity index (χ2v) is 7.34. The van der Waals surface area contributed by atoms with Gasteiger partial charge in [0.15, 0.2) is 0 Å².